The molecular weight excluding hydrogens is 232 g/mol. The zero-order chi connectivity index (χ0) is 10.7. The summed E-state index contributed by atoms with van der Waals surface area (Å²) in [5.41, 5.74) is 0.938. The number of aromatic nitrogens is 2. The molecule has 0 aliphatic carbocycles. The van der Waals surface area contributed by atoms with E-state index in [-0.39, 0.29) is 5.88 Å². The highest BCUT2D eigenvalue weighted by Crippen LogP contribution is 2.20. The first-order valence-corrected chi connectivity index (χ1v) is 6.12. The monoisotopic (exact) mass is 240 g/mol. The minimum absolute atomic E-state index is 0.246. The Labute approximate surface area is 96.8 Å². The first kappa shape index (κ1) is 10.5. The summed E-state index contributed by atoms with van der Waals surface area (Å²) < 4.78 is 4.93. The van der Waals surface area contributed by atoms with Crippen LogP contribution in [0, 0.1) is 0 Å². The number of alkyl halides is 1. The Kier molecular flexibility index (Phi) is 3.28. The first-order chi connectivity index (χ1) is 7.33. The fraction of sp³-hybridized carbons (Fsp3) is 0.200. The van der Waals surface area contributed by atoms with Crippen molar-refractivity contribution >= 4 is 23.4 Å². The summed E-state index contributed by atoms with van der Waals surface area (Å²) >= 11 is 7.27. The Morgan fingerprint density at radius 2 is 2.07 bits per heavy atom. The van der Waals surface area contributed by atoms with E-state index < -0.39 is 0 Å². The van der Waals surface area contributed by atoms with Crippen LogP contribution in [0.2, 0.25) is 0 Å². The minimum atomic E-state index is 0.246. The van der Waals surface area contributed by atoms with Crippen molar-refractivity contribution in [2.45, 2.75) is 10.8 Å². The largest absolute Gasteiger partial charge is 0.338 e. The maximum Gasteiger partial charge on any atom is 0.241 e. The molecule has 15 heavy (non-hydrogen) atoms. The molecule has 0 bridgehead atoms. The molecule has 0 radical (unpaired) electrons. The fourth-order valence-electron chi connectivity index (χ4n) is 1.17. The lowest BCUT2D eigenvalue weighted by atomic mass is 10.2. The molecule has 2 rings (SSSR count). The summed E-state index contributed by atoms with van der Waals surface area (Å²) in [6.07, 6.45) is 2.04. The number of hydrogen-bond donors (Lipinski definition) is 0. The highest BCUT2D eigenvalue weighted by atomic mass is 35.5. The number of thioether (sulfide) groups is 1. The number of halogens is 1. The van der Waals surface area contributed by atoms with E-state index in [1.807, 2.05) is 30.5 Å². The molecule has 0 aliphatic rings. The van der Waals surface area contributed by atoms with Crippen LogP contribution in [0.5, 0.6) is 0 Å². The Balaban J connectivity index is 2.28. The molecule has 78 valence electrons. The summed E-state index contributed by atoms with van der Waals surface area (Å²) in [5.74, 6) is 1.27. The summed E-state index contributed by atoms with van der Waals surface area (Å²) in [6.45, 7) is 0. The van der Waals surface area contributed by atoms with E-state index in [0.29, 0.717) is 11.7 Å². The van der Waals surface area contributed by atoms with Crippen LogP contribution in [0.1, 0.15) is 5.89 Å². The van der Waals surface area contributed by atoms with Crippen LogP contribution in [-0.4, -0.2) is 16.4 Å². The molecule has 0 N–H and O–H groups in total. The summed E-state index contributed by atoms with van der Waals surface area (Å²) in [4.78, 5) is 5.35. The maximum atomic E-state index is 5.58. The second-order valence-corrected chi connectivity index (χ2v) is 4.02. The molecule has 0 fully saturated rings. The van der Waals surface area contributed by atoms with Crippen molar-refractivity contribution in [1.82, 2.24) is 10.1 Å². The second kappa shape index (κ2) is 4.68. The van der Waals surface area contributed by atoms with Gasteiger partial charge in [-0.2, -0.15) is 4.98 Å². The lowest BCUT2D eigenvalue weighted by Gasteiger charge is -1.96. The third-order valence-corrected chi connectivity index (χ3v) is 2.90. The highest BCUT2D eigenvalue weighted by molar-refractivity contribution is 7.98. The average molecular weight is 241 g/mol. The third kappa shape index (κ3) is 2.33. The van der Waals surface area contributed by atoms with Crippen LogP contribution >= 0.6 is 23.4 Å². The van der Waals surface area contributed by atoms with Gasteiger partial charge < -0.3 is 4.52 Å². The van der Waals surface area contributed by atoms with Crippen molar-refractivity contribution in [1.29, 1.82) is 0 Å². The van der Waals surface area contributed by atoms with Crippen molar-refractivity contribution < 1.29 is 4.52 Å². The Morgan fingerprint density at radius 1 is 1.33 bits per heavy atom. The van der Waals surface area contributed by atoms with Gasteiger partial charge in [-0.25, -0.2) is 0 Å². The summed E-state index contributed by atoms with van der Waals surface area (Å²) in [7, 11) is 0. The minimum Gasteiger partial charge on any atom is -0.338 e. The SMILES string of the molecule is CSc1ccc(-c2noc(CCl)n2)cc1. The van der Waals surface area contributed by atoms with Gasteiger partial charge in [-0.1, -0.05) is 5.16 Å². The van der Waals surface area contributed by atoms with E-state index in [0.717, 1.165) is 5.56 Å². The Hall–Kier alpha value is -1.00. The second-order valence-electron chi connectivity index (χ2n) is 2.87. The summed E-state index contributed by atoms with van der Waals surface area (Å²) in [6, 6.07) is 7.98. The van der Waals surface area contributed by atoms with Crippen LogP contribution in [-0.2, 0) is 5.88 Å². The molecule has 0 spiro atoms. The van der Waals surface area contributed by atoms with Crippen molar-refractivity contribution in [3.05, 3.63) is 30.2 Å². The van der Waals surface area contributed by atoms with Gasteiger partial charge in [0.05, 0.1) is 0 Å². The van der Waals surface area contributed by atoms with E-state index in [9.17, 15) is 0 Å². The maximum absolute atomic E-state index is 5.58. The predicted octanol–water partition coefficient (Wildman–Crippen LogP) is 3.20. The standard InChI is InChI=1S/C10H9ClN2OS/c1-15-8-4-2-7(3-5-8)10-12-9(6-11)14-13-10/h2-5H,6H2,1H3. The molecule has 0 unspecified atom stereocenters. The van der Waals surface area contributed by atoms with E-state index >= 15 is 0 Å². The quantitative estimate of drug-likeness (QED) is 0.610. The van der Waals surface area contributed by atoms with Crippen LogP contribution in [0.3, 0.4) is 0 Å². The molecule has 1 aromatic carbocycles. The van der Waals surface area contributed by atoms with Gasteiger partial charge >= 0.3 is 0 Å². The molecule has 0 aliphatic heterocycles. The smallest absolute Gasteiger partial charge is 0.241 e. The molecule has 2 aromatic rings. The molecule has 5 heteroatoms. The molecular formula is C10H9ClN2OS. The molecule has 0 atom stereocenters. The zero-order valence-electron chi connectivity index (χ0n) is 8.11. The first-order valence-electron chi connectivity index (χ1n) is 4.36. The number of nitrogens with zero attached hydrogens (tertiary/aromatic N) is 2. The number of hydrogen-bond acceptors (Lipinski definition) is 4. The number of rotatable bonds is 3. The lowest BCUT2D eigenvalue weighted by molar-refractivity contribution is 0.391. The van der Waals surface area contributed by atoms with Gasteiger partial charge in [0, 0.05) is 10.5 Å². The third-order valence-electron chi connectivity index (χ3n) is 1.93. The average Bonchev–Trinajstić information content (AvgIpc) is 2.78. The zero-order valence-corrected chi connectivity index (χ0v) is 9.68. The van der Waals surface area contributed by atoms with E-state index in [2.05, 4.69) is 10.1 Å². The molecule has 1 aromatic heterocycles. The van der Waals surface area contributed by atoms with Crippen molar-refractivity contribution in [2.24, 2.45) is 0 Å². The Bertz CT molecular complexity index is 441. The molecule has 0 saturated carbocycles. The van der Waals surface area contributed by atoms with Crippen LogP contribution in [0.4, 0.5) is 0 Å². The van der Waals surface area contributed by atoms with Crippen LogP contribution in [0.15, 0.2) is 33.7 Å². The van der Waals surface area contributed by atoms with Gasteiger partial charge in [0.25, 0.3) is 0 Å². The van der Waals surface area contributed by atoms with Crippen LogP contribution < -0.4 is 0 Å². The highest BCUT2D eigenvalue weighted by Gasteiger charge is 2.06. The van der Waals surface area contributed by atoms with Gasteiger partial charge in [-0.15, -0.1) is 23.4 Å². The lowest BCUT2D eigenvalue weighted by Crippen LogP contribution is -1.81. The van der Waals surface area contributed by atoms with Crippen LogP contribution in [0.25, 0.3) is 11.4 Å². The van der Waals surface area contributed by atoms with Gasteiger partial charge in [-0.3, -0.25) is 0 Å². The van der Waals surface area contributed by atoms with E-state index in [1.54, 1.807) is 11.8 Å². The Morgan fingerprint density at radius 3 is 2.60 bits per heavy atom. The van der Waals surface area contributed by atoms with Gasteiger partial charge in [0.1, 0.15) is 5.88 Å². The van der Waals surface area contributed by atoms with Gasteiger partial charge in [0.15, 0.2) is 0 Å². The van der Waals surface area contributed by atoms with Gasteiger partial charge in [0.2, 0.25) is 11.7 Å². The molecule has 0 saturated heterocycles. The fourth-order valence-corrected chi connectivity index (χ4v) is 1.68. The number of benzene rings is 1. The normalized spacial score (nSPS) is 10.5. The molecule has 0 amide bonds. The van der Waals surface area contributed by atoms with Gasteiger partial charge in [-0.05, 0) is 30.5 Å². The topological polar surface area (TPSA) is 38.9 Å². The van der Waals surface area contributed by atoms with E-state index in [4.69, 9.17) is 16.1 Å². The van der Waals surface area contributed by atoms with Crippen molar-refractivity contribution in [2.75, 3.05) is 6.26 Å². The van der Waals surface area contributed by atoms with Crippen molar-refractivity contribution in [3.63, 3.8) is 0 Å². The molecule has 1 heterocycles. The van der Waals surface area contributed by atoms with E-state index in [1.165, 1.54) is 4.90 Å². The molecule has 3 nitrogen and oxygen atoms in total. The van der Waals surface area contributed by atoms with Crippen molar-refractivity contribution in [3.8, 4) is 11.4 Å². The predicted molar refractivity (Wildman–Crippen MR) is 61.1 cm³/mol. The summed E-state index contributed by atoms with van der Waals surface area (Å²) in [5, 5.41) is 3.84.